The average molecular weight is 408 g/mol. The summed E-state index contributed by atoms with van der Waals surface area (Å²) < 4.78 is 6.53. The Bertz CT molecular complexity index is 933. The van der Waals surface area contributed by atoms with E-state index in [-0.39, 0.29) is 16.7 Å². The molecule has 154 valence electrons. The first-order chi connectivity index (χ1) is 13.5. The van der Waals surface area contributed by atoms with Gasteiger partial charge < -0.3 is 4.43 Å². The number of aryl methyl sites for hydroxylation is 1. The Hall–Kier alpha value is -1.86. The number of nitriles is 1. The molecule has 3 aliphatic carbocycles. The number of Topliss-reactive ketones (excluding diaryl/α,β-unsaturated/α-hetero) is 1. The first kappa shape index (κ1) is 20.4. The summed E-state index contributed by atoms with van der Waals surface area (Å²) in [7, 11) is -1.87. The molecule has 0 N–H and O–H groups in total. The van der Waals surface area contributed by atoms with Crippen LogP contribution < -0.4 is 4.43 Å². The molecule has 4 rings (SSSR count). The number of rotatable bonds is 2. The predicted molar refractivity (Wildman–Crippen MR) is 119 cm³/mol. The molecule has 0 aromatic heterocycles. The van der Waals surface area contributed by atoms with E-state index in [4.69, 9.17) is 4.43 Å². The Morgan fingerprint density at radius 2 is 1.93 bits per heavy atom. The van der Waals surface area contributed by atoms with Gasteiger partial charge >= 0.3 is 0 Å². The second-order valence-electron chi connectivity index (χ2n) is 10.9. The number of nitrogens with zero attached hydrogens (tertiary/aromatic N) is 1. The summed E-state index contributed by atoms with van der Waals surface area (Å²) in [5, 5.41) is 10.0. The highest BCUT2D eigenvalue weighted by molar-refractivity contribution is 6.74. The zero-order valence-corrected chi connectivity index (χ0v) is 19.6. The second kappa shape index (κ2) is 6.57. The van der Waals surface area contributed by atoms with Gasteiger partial charge in [-0.1, -0.05) is 39.8 Å². The lowest BCUT2D eigenvalue weighted by atomic mass is 9.56. The summed E-state index contributed by atoms with van der Waals surface area (Å²) >= 11 is 0. The molecule has 0 saturated heterocycles. The van der Waals surface area contributed by atoms with Gasteiger partial charge in [-0.3, -0.25) is 4.79 Å². The molecular formula is C25H33NO2Si. The molecule has 0 heterocycles. The molecular weight excluding hydrogens is 374 g/mol. The molecule has 3 aliphatic rings. The summed E-state index contributed by atoms with van der Waals surface area (Å²) in [5.41, 5.74) is 3.40. The third-order valence-corrected chi connectivity index (χ3v) is 12.7. The molecule has 1 fully saturated rings. The van der Waals surface area contributed by atoms with Gasteiger partial charge in [-0.05, 0) is 78.1 Å². The molecule has 29 heavy (non-hydrogen) atoms. The number of benzene rings is 1. The fourth-order valence-corrected chi connectivity index (χ4v) is 6.50. The van der Waals surface area contributed by atoms with Crippen LogP contribution in [0.1, 0.15) is 58.1 Å². The zero-order chi connectivity index (χ0) is 21.2. The van der Waals surface area contributed by atoms with E-state index < -0.39 is 13.7 Å². The van der Waals surface area contributed by atoms with Crippen molar-refractivity contribution < 1.29 is 9.22 Å². The van der Waals surface area contributed by atoms with Crippen LogP contribution in [0.3, 0.4) is 0 Å². The van der Waals surface area contributed by atoms with E-state index in [9.17, 15) is 10.1 Å². The van der Waals surface area contributed by atoms with E-state index in [2.05, 4.69) is 64.2 Å². The topological polar surface area (TPSA) is 50.1 Å². The molecule has 1 aromatic rings. The van der Waals surface area contributed by atoms with Gasteiger partial charge in [0, 0.05) is 11.8 Å². The number of hydrogen-bond acceptors (Lipinski definition) is 3. The van der Waals surface area contributed by atoms with Crippen LogP contribution in [-0.4, -0.2) is 14.1 Å². The normalized spacial score (nSPS) is 31.3. The zero-order valence-electron chi connectivity index (χ0n) is 18.6. The molecule has 1 saturated carbocycles. The van der Waals surface area contributed by atoms with E-state index >= 15 is 0 Å². The van der Waals surface area contributed by atoms with Crippen LogP contribution in [0.15, 0.2) is 24.3 Å². The van der Waals surface area contributed by atoms with Crippen LogP contribution in [0, 0.1) is 34.5 Å². The van der Waals surface area contributed by atoms with Crippen LogP contribution >= 0.6 is 0 Å². The van der Waals surface area contributed by atoms with Crippen molar-refractivity contribution in [1.82, 2.24) is 0 Å². The Labute approximate surface area is 176 Å². The van der Waals surface area contributed by atoms with Gasteiger partial charge in [-0.2, -0.15) is 5.26 Å². The lowest BCUT2D eigenvalue weighted by molar-refractivity contribution is -0.128. The molecule has 4 atom stereocenters. The van der Waals surface area contributed by atoms with Gasteiger partial charge in [0.1, 0.15) is 11.5 Å². The number of allylic oxidation sites excluding steroid dienone is 2. The van der Waals surface area contributed by atoms with Gasteiger partial charge in [0.15, 0.2) is 0 Å². The van der Waals surface area contributed by atoms with Crippen LogP contribution in [0.5, 0.6) is 5.75 Å². The number of hydrogen-bond donors (Lipinski definition) is 0. The average Bonchev–Trinajstić information content (AvgIpc) is 2.95. The lowest BCUT2D eigenvalue weighted by Gasteiger charge is -2.45. The molecule has 2 unspecified atom stereocenters. The summed E-state index contributed by atoms with van der Waals surface area (Å²) in [5.74, 6) is 1.64. The molecule has 4 heteroatoms. The van der Waals surface area contributed by atoms with Crippen molar-refractivity contribution in [2.75, 3.05) is 0 Å². The van der Waals surface area contributed by atoms with E-state index in [1.807, 2.05) is 6.92 Å². The van der Waals surface area contributed by atoms with Crippen molar-refractivity contribution in [2.24, 2.45) is 23.2 Å². The molecule has 3 nitrogen and oxygen atoms in total. The standard InChI is InChI=1S/C25H33NO2Si/c1-24(2,3)29(5,6)28-18-8-10-19-16(13-18)7-9-20-21(19)14-17(15-26)25(4)22(20)11-12-23(25)27/h8,10,13-14,17,20,22H,7,9,11-12H2,1-6H3/t17-,20?,22?,25+/m1/s1. The number of fused-ring (bicyclic) bond motifs is 5. The Balaban J connectivity index is 1.71. The maximum Gasteiger partial charge on any atom is 0.250 e. The maximum atomic E-state index is 12.7. The highest BCUT2D eigenvalue weighted by atomic mass is 28.4. The van der Waals surface area contributed by atoms with Crippen molar-refractivity contribution in [3.05, 3.63) is 35.4 Å². The first-order valence-corrected chi connectivity index (χ1v) is 13.9. The minimum absolute atomic E-state index is 0.166. The number of ketones is 1. The van der Waals surface area contributed by atoms with E-state index in [0.29, 0.717) is 18.3 Å². The SMILES string of the molecule is CC(C)(C)[Si](C)(C)Oc1ccc2c(c1)CCC1C2=C[C@H](C#N)[C@]2(C)C(=O)CCC12. The summed E-state index contributed by atoms with van der Waals surface area (Å²) in [6.45, 7) is 13.4. The second-order valence-corrected chi connectivity index (χ2v) is 15.6. The Morgan fingerprint density at radius 1 is 1.21 bits per heavy atom. The summed E-state index contributed by atoms with van der Waals surface area (Å²) in [4.78, 5) is 12.7. The molecule has 0 amide bonds. The smallest absolute Gasteiger partial charge is 0.250 e. The van der Waals surface area contributed by atoms with Gasteiger partial charge in [0.05, 0.1) is 12.0 Å². The van der Waals surface area contributed by atoms with Crippen molar-refractivity contribution in [2.45, 2.75) is 71.5 Å². The molecule has 0 spiro atoms. The van der Waals surface area contributed by atoms with Crippen molar-refractivity contribution in [3.63, 3.8) is 0 Å². The fourth-order valence-electron chi connectivity index (χ4n) is 5.48. The lowest BCUT2D eigenvalue weighted by Crippen LogP contribution is -2.44. The quantitative estimate of drug-likeness (QED) is 0.552. The predicted octanol–water partition coefficient (Wildman–Crippen LogP) is 6.16. The highest BCUT2D eigenvalue weighted by Crippen LogP contribution is 2.59. The van der Waals surface area contributed by atoms with Crippen LogP contribution in [0.25, 0.3) is 5.57 Å². The van der Waals surface area contributed by atoms with E-state index in [1.54, 1.807) is 0 Å². The Morgan fingerprint density at radius 3 is 2.59 bits per heavy atom. The summed E-state index contributed by atoms with van der Waals surface area (Å²) in [6.07, 6.45) is 5.76. The first-order valence-electron chi connectivity index (χ1n) is 11.0. The molecule has 0 bridgehead atoms. The van der Waals surface area contributed by atoms with E-state index in [1.165, 1.54) is 16.7 Å². The number of carbonyl (C=O) groups is 1. The van der Waals surface area contributed by atoms with Gasteiger partial charge in [0.25, 0.3) is 0 Å². The maximum absolute atomic E-state index is 12.7. The molecule has 0 aliphatic heterocycles. The largest absolute Gasteiger partial charge is 0.543 e. The minimum Gasteiger partial charge on any atom is -0.543 e. The van der Waals surface area contributed by atoms with E-state index in [0.717, 1.165) is 25.0 Å². The van der Waals surface area contributed by atoms with Crippen molar-refractivity contribution in [3.8, 4) is 11.8 Å². The third kappa shape index (κ3) is 3.01. The van der Waals surface area contributed by atoms with Crippen molar-refractivity contribution >= 4 is 19.7 Å². The van der Waals surface area contributed by atoms with Crippen LogP contribution in [-0.2, 0) is 11.2 Å². The summed E-state index contributed by atoms with van der Waals surface area (Å²) in [6, 6.07) is 8.98. The van der Waals surface area contributed by atoms with Crippen molar-refractivity contribution in [1.29, 1.82) is 5.26 Å². The van der Waals surface area contributed by atoms with Crippen LogP contribution in [0.4, 0.5) is 0 Å². The minimum atomic E-state index is -1.87. The van der Waals surface area contributed by atoms with Crippen LogP contribution in [0.2, 0.25) is 18.1 Å². The monoisotopic (exact) mass is 407 g/mol. The number of carbonyl (C=O) groups excluding carboxylic acids is 1. The van der Waals surface area contributed by atoms with Gasteiger partial charge in [0.2, 0.25) is 8.32 Å². The Kier molecular flexibility index (Phi) is 4.62. The van der Waals surface area contributed by atoms with Gasteiger partial charge in [-0.25, -0.2) is 0 Å². The molecule has 0 radical (unpaired) electrons. The highest BCUT2D eigenvalue weighted by Gasteiger charge is 2.57. The fraction of sp³-hybridized carbons (Fsp3) is 0.600. The third-order valence-electron chi connectivity index (χ3n) is 8.36. The van der Waals surface area contributed by atoms with Gasteiger partial charge in [-0.15, -0.1) is 0 Å². The molecule has 1 aromatic carbocycles.